The normalized spacial score (nSPS) is 13.9. The molecule has 0 N–H and O–H groups in total. The molecule has 0 saturated carbocycles. The molecule has 35 heavy (non-hydrogen) atoms. The third kappa shape index (κ3) is 7.32. The number of nitrogens with zero attached hydrogens (tertiary/aromatic N) is 2. The molecule has 0 radical (unpaired) electrons. The zero-order valence-corrected chi connectivity index (χ0v) is 19.9. The molecule has 0 atom stereocenters. The number of ether oxygens (including phenoxy) is 3. The fraction of sp³-hybridized carbons (Fsp3) is 0.286. The fourth-order valence-electron chi connectivity index (χ4n) is 3.68. The number of rotatable bonds is 10. The molecule has 0 aromatic heterocycles. The second kappa shape index (κ2) is 12.6. The van der Waals surface area contributed by atoms with Crippen LogP contribution in [0.25, 0.3) is 0 Å². The number of benzene rings is 3. The molecule has 182 valence electrons. The van der Waals surface area contributed by atoms with Crippen LogP contribution in [0.1, 0.15) is 16.7 Å². The zero-order valence-electron chi connectivity index (χ0n) is 19.9. The second-order valence-electron chi connectivity index (χ2n) is 8.13. The summed E-state index contributed by atoms with van der Waals surface area (Å²) in [4.78, 5) is 19.8. The number of oxime groups is 1. The minimum Gasteiger partial charge on any atom is -0.497 e. The molecular formula is C28H30N2O5. The van der Waals surface area contributed by atoms with E-state index in [2.05, 4.69) is 17.3 Å². The van der Waals surface area contributed by atoms with Crippen LogP contribution >= 0.6 is 0 Å². The lowest BCUT2D eigenvalue weighted by molar-refractivity contribution is -0.137. The van der Waals surface area contributed by atoms with E-state index in [0.29, 0.717) is 45.1 Å². The molecular weight excluding hydrogens is 444 g/mol. The van der Waals surface area contributed by atoms with Gasteiger partial charge >= 0.3 is 0 Å². The zero-order chi connectivity index (χ0) is 24.3. The molecule has 3 aromatic carbocycles. The summed E-state index contributed by atoms with van der Waals surface area (Å²) in [5.41, 5.74) is 3.87. The summed E-state index contributed by atoms with van der Waals surface area (Å²) in [6, 6.07) is 25.4. The highest BCUT2D eigenvalue weighted by molar-refractivity contribution is 6.01. The molecule has 7 nitrogen and oxygen atoms in total. The van der Waals surface area contributed by atoms with Crippen LogP contribution in [0.15, 0.2) is 84.0 Å². The van der Waals surface area contributed by atoms with E-state index in [1.165, 1.54) is 0 Å². The summed E-state index contributed by atoms with van der Waals surface area (Å²) in [6.07, 6.45) is 0.624. The van der Waals surface area contributed by atoms with E-state index in [0.717, 1.165) is 28.2 Å². The predicted octanol–water partition coefficient (Wildman–Crippen LogP) is 4.10. The Kier molecular flexibility index (Phi) is 8.73. The van der Waals surface area contributed by atoms with Crippen molar-refractivity contribution in [1.82, 2.24) is 4.90 Å². The Balaban J connectivity index is 1.40. The van der Waals surface area contributed by atoms with Crippen LogP contribution in [0, 0.1) is 0 Å². The van der Waals surface area contributed by atoms with Gasteiger partial charge in [-0.05, 0) is 53.1 Å². The number of carbonyl (C=O) groups excluding carboxylic acids is 1. The lowest BCUT2D eigenvalue weighted by atomic mass is 10.0. The van der Waals surface area contributed by atoms with E-state index in [-0.39, 0.29) is 12.5 Å². The maximum Gasteiger partial charge on any atom is 0.260 e. The van der Waals surface area contributed by atoms with E-state index >= 15 is 0 Å². The minimum atomic E-state index is -0.0318. The van der Waals surface area contributed by atoms with Crippen molar-refractivity contribution in [2.45, 2.75) is 13.0 Å². The van der Waals surface area contributed by atoms with Crippen molar-refractivity contribution in [3.05, 3.63) is 95.6 Å². The first-order valence-corrected chi connectivity index (χ1v) is 11.7. The van der Waals surface area contributed by atoms with Gasteiger partial charge in [-0.15, -0.1) is 0 Å². The third-order valence-corrected chi connectivity index (χ3v) is 5.69. The maximum absolute atomic E-state index is 12.3. The molecule has 0 aliphatic carbocycles. The number of morpholine rings is 1. The van der Waals surface area contributed by atoms with Crippen molar-refractivity contribution in [3.8, 4) is 11.5 Å². The quantitative estimate of drug-likeness (QED) is 0.327. The van der Waals surface area contributed by atoms with Crippen molar-refractivity contribution in [3.63, 3.8) is 0 Å². The van der Waals surface area contributed by atoms with Crippen LogP contribution < -0.4 is 9.47 Å². The van der Waals surface area contributed by atoms with Crippen molar-refractivity contribution in [1.29, 1.82) is 0 Å². The second-order valence-corrected chi connectivity index (χ2v) is 8.13. The molecule has 0 spiro atoms. The first-order valence-electron chi connectivity index (χ1n) is 11.7. The molecule has 1 amide bonds. The Bertz CT molecular complexity index is 1090. The van der Waals surface area contributed by atoms with Crippen LogP contribution in [-0.4, -0.2) is 56.5 Å². The largest absolute Gasteiger partial charge is 0.497 e. The van der Waals surface area contributed by atoms with Crippen LogP contribution in [0.5, 0.6) is 11.5 Å². The van der Waals surface area contributed by atoms with Gasteiger partial charge in [0.1, 0.15) is 18.1 Å². The summed E-state index contributed by atoms with van der Waals surface area (Å²) in [7, 11) is 1.64. The van der Waals surface area contributed by atoms with Gasteiger partial charge in [-0.25, -0.2) is 0 Å². The molecule has 4 rings (SSSR count). The van der Waals surface area contributed by atoms with Gasteiger partial charge in [-0.2, -0.15) is 0 Å². The molecule has 7 heteroatoms. The molecule has 1 aliphatic heterocycles. The van der Waals surface area contributed by atoms with E-state index in [1.54, 1.807) is 12.0 Å². The third-order valence-electron chi connectivity index (χ3n) is 5.69. The standard InChI is InChI=1S/C28H30N2O5/c1-32-25-11-7-23(8-12-25)20-35-29-27(19-22-5-3-2-4-6-22)24-9-13-26(14-10-24)34-21-28(31)30-15-17-33-18-16-30/h2-14H,15-21H2,1H3/b29-27-. The highest BCUT2D eigenvalue weighted by atomic mass is 16.6. The number of methoxy groups -OCH3 is 1. The van der Waals surface area contributed by atoms with Crippen LogP contribution in [0.2, 0.25) is 0 Å². The van der Waals surface area contributed by atoms with E-state index < -0.39 is 0 Å². The van der Waals surface area contributed by atoms with Gasteiger partial charge in [0, 0.05) is 19.5 Å². The molecule has 3 aromatic rings. The lowest BCUT2D eigenvalue weighted by Gasteiger charge is -2.26. The number of carbonyl (C=O) groups is 1. The van der Waals surface area contributed by atoms with Gasteiger partial charge in [-0.1, -0.05) is 47.6 Å². The number of hydrogen-bond acceptors (Lipinski definition) is 6. The van der Waals surface area contributed by atoms with Gasteiger partial charge < -0.3 is 23.9 Å². The molecule has 1 fully saturated rings. The Morgan fingerprint density at radius 2 is 1.57 bits per heavy atom. The van der Waals surface area contributed by atoms with E-state index in [9.17, 15) is 4.79 Å². The summed E-state index contributed by atoms with van der Waals surface area (Å²) >= 11 is 0. The topological polar surface area (TPSA) is 69.6 Å². The van der Waals surface area contributed by atoms with Crippen LogP contribution in [-0.2, 0) is 27.4 Å². The molecule has 1 saturated heterocycles. The van der Waals surface area contributed by atoms with Gasteiger partial charge in [0.25, 0.3) is 5.91 Å². The average molecular weight is 475 g/mol. The first-order chi connectivity index (χ1) is 17.2. The van der Waals surface area contributed by atoms with Crippen LogP contribution in [0.3, 0.4) is 0 Å². The Labute approximate surface area is 205 Å². The average Bonchev–Trinajstić information content (AvgIpc) is 2.93. The van der Waals surface area contributed by atoms with E-state index in [1.807, 2.05) is 66.7 Å². The van der Waals surface area contributed by atoms with E-state index in [4.69, 9.17) is 19.0 Å². The molecule has 0 bridgehead atoms. The predicted molar refractivity (Wildman–Crippen MR) is 134 cm³/mol. The molecule has 0 unspecified atom stereocenters. The molecule has 1 heterocycles. The SMILES string of the molecule is COc1ccc(CO/N=C(/Cc2ccccc2)c2ccc(OCC(=O)N3CCOCC3)cc2)cc1. The first kappa shape index (κ1) is 24.3. The van der Waals surface area contributed by atoms with Gasteiger partial charge in [0.2, 0.25) is 0 Å². The van der Waals surface area contributed by atoms with Crippen molar-refractivity contribution in [2.24, 2.45) is 5.16 Å². The summed E-state index contributed by atoms with van der Waals surface area (Å²) < 4.78 is 16.2. The smallest absolute Gasteiger partial charge is 0.260 e. The van der Waals surface area contributed by atoms with Crippen molar-refractivity contribution in [2.75, 3.05) is 40.0 Å². The maximum atomic E-state index is 12.3. The monoisotopic (exact) mass is 474 g/mol. The number of hydrogen-bond donors (Lipinski definition) is 0. The Morgan fingerprint density at radius 1 is 0.886 bits per heavy atom. The fourth-order valence-corrected chi connectivity index (χ4v) is 3.68. The van der Waals surface area contributed by atoms with Crippen LogP contribution in [0.4, 0.5) is 0 Å². The Hall–Kier alpha value is -3.84. The minimum absolute atomic E-state index is 0.00921. The molecule has 1 aliphatic rings. The van der Waals surface area contributed by atoms with Gasteiger partial charge in [0.15, 0.2) is 6.61 Å². The van der Waals surface area contributed by atoms with Crippen molar-refractivity contribution >= 4 is 11.6 Å². The summed E-state index contributed by atoms with van der Waals surface area (Å²) in [6.45, 7) is 2.73. The lowest BCUT2D eigenvalue weighted by Crippen LogP contribution is -2.42. The van der Waals surface area contributed by atoms with Gasteiger partial charge in [0.05, 0.1) is 26.0 Å². The number of amides is 1. The van der Waals surface area contributed by atoms with Gasteiger partial charge in [-0.3, -0.25) is 4.79 Å². The van der Waals surface area contributed by atoms with Crippen molar-refractivity contribution < 1.29 is 23.8 Å². The highest BCUT2D eigenvalue weighted by Crippen LogP contribution is 2.17. The highest BCUT2D eigenvalue weighted by Gasteiger charge is 2.17. The Morgan fingerprint density at radius 3 is 2.26 bits per heavy atom. The summed E-state index contributed by atoms with van der Waals surface area (Å²) in [5.74, 6) is 1.40. The summed E-state index contributed by atoms with van der Waals surface area (Å²) in [5, 5.41) is 4.46.